The molecule has 3 nitrogen and oxygen atoms in total. The molecule has 1 atom stereocenters. The van der Waals surface area contributed by atoms with Gasteiger partial charge in [0, 0.05) is 12.2 Å². The number of carbonyl (C=O) groups is 2. The van der Waals surface area contributed by atoms with Gasteiger partial charge >= 0.3 is 5.97 Å². The van der Waals surface area contributed by atoms with Crippen molar-refractivity contribution < 1.29 is 14.3 Å². The first-order valence-corrected chi connectivity index (χ1v) is 6.39. The smallest absolute Gasteiger partial charge is 0.308 e. The number of ether oxygens (including phenoxy) is 1. The summed E-state index contributed by atoms with van der Waals surface area (Å²) in [5.41, 5.74) is 1.11. The Balaban J connectivity index is 2.33. The van der Waals surface area contributed by atoms with Gasteiger partial charge in [-0.25, -0.2) is 0 Å². The van der Waals surface area contributed by atoms with Gasteiger partial charge in [0.05, 0.1) is 13.0 Å². The van der Waals surface area contributed by atoms with E-state index in [4.69, 9.17) is 0 Å². The van der Waals surface area contributed by atoms with Gasteiger partial charge in [0.25, 0.3) is 0 Å². The van der Waals surface area contributed by atoms with Crippen molar-refractivity contribution in [2.75, 3.05) is 7.11 Å². The number of carbonyl (C=O) groups excluding carboxylic acids is 2. The first-order valence-electron chi connectivity index (χ1n) is 5.41. The third-order valence-electron chi connectivity index (χ3n) is 2.32. The molecule has 0 radical (unpaired) electrons. The average Bonchev–Trinajstić information content (AvgIpc) is 2.36. The summed E-state index contributed by atoms with van der Waals surface area (Å²) in [6.07, 6.45) is 0.226. The van der Waals surface area contributed by atoms with Crippen LogP contribution in [0.1, 0.15) is 18.9 Å². The summed E-state index contributed by atoms with van der Waals surface area (Å²) in [5.74, 6) is -0.0532. The normalized spacial score (nSPS) is 11.9. The zero-order valence-electron chi connectivity index (χ0n) is 10.0. The van der Waals surface area contributed by atoms with E-state index < -0.39 is 0 Å². The fourth-order valence-corrected chi connectivity index (χ4v) is 2.22. The zero-order chi connectivity index (χ0) is 12.7. The number of esters is 1. The predicted molar refractivity (Wildman–Crippen MR) is 68.5 cm³/mol. The van der Waals surface area contributed by atoms with E-state index in [1.54, 1.807) is 6.92 Å². The third kappa shape index (κ3) is 5.04. The van der Waals surface area contributed by atoms with Crippen LogP contribution in [0.3, 0.4) is 0 Å². The second-order valence-electron chi connectivity index (χ2n) is 3.77. The SMILES string of the molecule is COC(=O)C(C)CC(=O)SCc1ccccc1. The lowest BCUT2D eigenvalue weighted by atomic mass is 10.1. The minimum absolute atomic E-state index is 0.0201. The molecule has 4 heteroatoms. The third-order valence-corrected chi connectivity index (χ3v) is 3.29. The molecule has 0 amide bonds. The molecule has 1 aromatic rings. The van der Waals surface area contributed by atoms with Crippen LogP contribution < -0.4 is 0 Å². The molecule has 0 aliphatic carbocycles. The summed E-state index contributed by atoms with van der Waals surface area (Å²) < 4.78 is 4.58. The highest BCUT2D eigenvalue weighted by Crippen LogP contribution is 2.17. The fraction of sp³-hybridized carbons (Fsp3) is 0.385. The molecule has 1 rings (SSSR count). The first-order chi connectivity index (χ1) is 8.13. The van der Waals surface area contributed by atoms with Crippen LogP contribution in [-0.4, -0.2) is 18.2 Å². The molecule has 0 N–H and O–H groups in total. The standard InChI is InChI=1S/C13H16O3S/c1-10(13(15)16-2)8-12(14)17-9-11-6-4-3-5-7-11/h3-7,10H,8-9H2,1-2H3. The number of thioether (sulfide) groups is 1. The molecule has 0 aromatic heterocycles. The highest BCUT2D eigenvalue weighted by Gasteiger charge is 2.17. The molecule has 0 bridgehead atoms. The van der Waals surface area contributed by atoms with E-state index in [-0.39, 0.29) is 23.4 Å². The van der Waals surface area contributed by atoms with Gasteiger partial charge in [-0.05, 0) is 5.56 Å². The van der Waals surface area contributed by atoms with Crippen LogP contribution in [0.5, 0.6) is 0 Å². The van der Waals surface area contributed by atoms with Crippen molar-refractivity contribution in [1.82, 2.24) is 0 Å². The van der Waals surface area contributed by atoms with E-state index >= 15 is 0 Å². The van der Waals surface area contributed by atoms with Gasteiger partial charge in [0.1, 0.15) is 0 Å². The molecule has 1 unspecified atom stereocenters. The first kappa shape index (κ1) is 13.8. The highest BCUT2D eigenvalue weighted by molar-refractivity contribution is 8.12. The summed E-state index contributed by atoms with van der Waals surface area (Å²) in [5, 5.41) is 0.0201. The molecule has 0 saturated carbocycles. The van der Waals surface area contributed by atoms with E-state index in [0.29, 0.717) is 5.75 Å². The summed E-state index contributed by atoms with van der Waals surface area (Å²) in [7, 11) is 1.33. The summed E-state index contributed by atoms with van der Waals surface area (Å²) in [6.45, 7) is 1.70. The maximum absolute atomic E-state index is 11.6. The Bertz CT molecular complexity index is 376. The fourth-order valence-electron chi connectivity index (χ4n) is 1.33. The van der Waals surface area contributed by atoms with Gasteiger partial charge in [0.2, 0.25) is 0 Å². The lowest BCUT2D eigenvalue weighted by Crippen LogP contribution is -2.15. The van der Waals surface area contributed by atoms with E-state index in [9.17, 15) is 9.59 Å². The molecule has 0 heterocycles. The Hall–Kier alpha value is -1.29. The maximum atomic E-state index is 11.6. The number of benzene rings is 1. The number of hydrogen-bond donors (Lipinski definition) is 0. The zero-order valence-corrected chi connectivity index (χ0v) is 10.8. The molecule has 0 saturated heterocycles. The summed E-state index contributed by atoms with van der Waals surface area (Å²) in [4.78, 5) is 22.7. The van der Waals surface area contributed by atoms with Gasteiger partial charge in [-0.1, -0.05) is 49.0 Å². The summed E-state index contributed by atoms with van der Waals surface area (Å²) in [6, 6.07) is 9.78. The molecular weight excluding hydrogens is 236 g/mol. The van der Waals surface area contributed by atoms with Crippen molar-refractivity contribution in [2.24, 2.45) is 5.92 Å². The summed E-state index contributed by atoms with van der Waals surface area (Å²) >= 11 is 1.24. The quantitative estimate of drug-likeness (QED) is 0.756. The number of hydrogen-bond acceptors (Lipinski definition) is 4. The van der Waals surface area contributed by atoms with Crippen LogP contribution in [0.2, 0.25) is 0 Å². The van der Waals surface area contributed by atoms with E-state index in [2.05, 4.69) is 4.74 Å². The Morgan fingerprint density at radius 2 is 1.94 bits per heavy atom. The molecule has 17 heavy (non-hydrogen) atoms. The lowest BCUT2D eigenvalue weighted by Gasteiger charge is -2.07. The Labute approximate surface area is 106 Å². The van der Waals surface area contributed by atoms with Crippen LogP contribution in [0.25, 0.3) is 0 Å². The van der Waals surface area contributed by atoms with Crippen LogP contribution in [0, 0.1) is 5.92 Å². The minimum atomic E-state index is -0.365. The van der Waals surface area contributed by atoms with E-state index in [1.807, 2.05) is 30.3 Å². The molecular formula is C13H16O3S. The molecule has 0 fully saturated rings. The van der Waals surface area contributed by atoms with Crippen LogP contribution in [0.4, 0.5) is 0 Å². The van der Waals surface area contributed by atoms with Crippen LogP contribution in [0.15, 0.2) is 30.3 Å². The van der Waals surface area contributed by atoms with E-state index in [1.165, 1.54) is 18.9 Å². The molecule has 0 aliphatic heterocycles. The Kier molecular flexibility index (Phi) is 5.77. The number of methoxy groups -OCH3 is 1. The second kappa shape index (κ2) is 7.12. The molecule has 1 aromatic carbocycles. The molecule has 92 valence electrons. The Morgan fingerprint density at radius 1 is 1.29 bits per heavy atom. The Morgan fingerprint density at radius 3 is 2.53 bits per heavy atom. The van der Waals surface area contributed by atoms with Gasteiger partial charge in [0.15, 0.2) is 5.12 Å². The van der Waals surface area contributed by atoms with Crippen molar-refractivity contribution in [3.63, 3.8) is 0 Å². The maximum Gasteiger partial charge on any atom is 0.308 e. The van der Waals surface area contributed by atoms with Gasteiger partial charge in [-0.15, -0.1) is 0 Å². The van der Waals surface area contributed by atoms with Crippen molar-refractivity contribution in [2.45, 2.75) is 19.1 Å². The van der Waals surface area contributed by atoms with Gasteiger partial charge in [-0.2, -0.15) is 0 Å². The van der Waals surface area contributed by atoms with Crippen LogP contribution >= 0.6 is 11.8 Å². The lowest BCUT2D eigenvalue weighted by molar-refractivity contribution is -0.145. The van der Waals surface area contributed by atoms with Gasteiger partial charge < -0.3 is 4.74 Å². The van der Waals surface area contributed by atoms with Crippen LogP contribution in [-0.2, 0) is 20.1 Å². The van der Waals surface area contributed by atoms with E-state index in [0.717, 1.165) is 5.56 Å². The topological polar surface area (TPSA) is 43.4 Å². The number of rotatable bonds is 5. The second-order valence-corrected chi connectivity index (χ2v) is 4.81. The van der Waals surface area contributed by atoms with Gasteiger partial charge in [-0.3, -0.25) is 9.59 Å². The van der Waals surface area contributed by atoms with Crippen molar-refractivity contribution in [3.05, 3.63) is 35.9 Å². The monoisotopic (exact) mass is 252 g/mol. The minimum Gasteiger partial charge on any atom is -0.469 e. The predicted octanol–water partition coefficient (Wildman–Crippen LogP) is 2.65. The molecule has 0 aliphatic rings. The highest BCUT2D eigenvalue weighted by atomic mass is 32.2. The van der Waals surface area contributed by atoms with Crippen molar-refractivity contribution >= 4 is 22.8 Å². The van der Waals surface area contributed by atoms with Crippen molar-refractivity contribution in [3.8, 4) is 0 Å². The average molecular weight is 252 g/mol. The molecule has 0 spiro atoms. The largest absolute Gasteiger partial charge is 0.469 e. The van der Waals surface area contributed by atoms with Crippen molar-refractivity contribution in [1.29, 1.82) is 0 Å².